The molecule has 0 aromatic heterocycles. The van der Waals surface area contributed by atoms with Gasteiger partial charge in [0.15, 0.2) is 6.10 Å². The van der Waals surface area contributed by atoms with E-state index in [0.29, 0.717) is 34.8 Å². The molecule has 198 valence electrons. The second-order valence-corrected chi connectivity index (χ2v) is 9.36. The Bertz CT molecular complexity index is 1340. The summed E-state index contributed by atoms with van der Waals surface area (Å²) in [7, 11) is 1.57. The first-order valence-corrected chi connectivity index (χ1v) is 12.8. The van der Waals surface area contributed by atoms with E-state index >= 15 is 0 Å². The molecule has 0 bridgehead atoms. The Labute approximate surface area is 224 Å². The van der Waals surface area contributed by atoms with Gasteiger partial charge in [0, 0.05) is 21.8 Å². The highest BCUT2D eigenvalue weighted by atomic mass is 32.2. The predicted molar refractivity (Wildman–Crippen MR) is 144 cm³/mol. The first-order chi connectivity index (χ1) is 18.1. The van der Waals surface area contributed by atoms with E-state index < -0.39 is 23.8 Å². The molecule has 0 aliphatic carbocycles. The third kappa shape index (κ3) is 8.09. The number of ether oxygens (including phenoxy) is 2. The van der Waals surface area contributed by atoms with Crippen LogP contribution >= 0.6 is 11.8 Å². The molecular weight excluding hydrogens is 513 g/mol. The SMILES string of the molecule is CCC(Oc1ccc(SC/C=C(\C#Cc2ccc(OC)cc2)c2ccc(C(F)(F)F)cc2)cc1C)C(=O)O. The van der Waals surface area contributed by atoms with Gasteiger partial charge in [0.2, 0.25) is 0 Å². The van der Waals surface area contributed by atoms with Gasteiger partial charge in [0.05, 0.1) is 12.7 Å². The Morgan fingerprint density at radius 3 is 2.32 bits per heavy atom. The van der Waals surface area contributed by atoms with Crippen LogP contribution in [0.3, 0.4) is 0 Å². The van der Waals surface area contributed by atoms with E-state index in [1.165, 1.54) is 23.9 Å². The number of hydrogen-bond donors (Lipinski definition) is 1. The Kier molecular flexibility index (Phi) is 9.91. The van der Waals surface area contributed by atoms with E-state index in [2.05, 4.69) is 11.8 Å². The van der Waals surface area contributed by atoms with Crippen LogP contribution in [0.4, 0.5) is 13.2 Å². The predicted octanol–water partition coefficient (Wildman–Crippen LogP) is 7.49. The lowest BCUT2D eigenvalue weighted by Crippen LogP contribution is -2.26. The standard InChI is InChI=1S/C30H27F3O4S/c1-4-27(29(34)35)37-28-16-15-26(19-20(28)2)38-18-17-23(8-5-21-6-13-25(36-3)14-7-21)22-9-11-24(12-10-22)30(31,32)33/h6-7,9-17,19,27H,4,18H2,1-3H3,(H,34,35)/b23-17+. The number of carboxylic acid groups (broad SMARTS) is 1. The maximum atomic E-state index is 13.0. The van der Waals surface area contributed by atoms with Crippen molar-refractivity contribution in [3.05, 3.63) is 95.1 Å². The molecule has 0 fully saturated rings. The lowest BCUT2D eigenvalue weighted by atomic mass is 10.0. The maximum absolute atomic E-state index is 13.0. The molecule has 0 heterocycles. The fourth-order valence-corrected chi connectivity index (χ4v) is 4.29. The van der Waals surface area contributed by atoms with Crippen molar-refractivity contribution < 1.29 is 32.5 Å². The van der Waals surface area contributed by atoms with Crippen molar-refractivity contribution in [1.29, 1.82) is 0 Å². The van der Waals surface area contributed by atoms with E-state index in [4.69, 9.17) is 9.47 Å². The molecule has 0 saturated heterocycles. The van der Waals surface area contributed by atoms with Gasteiger partial charge in [-0.3, -0.25) is 0 Å². The minimum atomic E-state index is -4.41. The zero-order chi connectivity index (χ0) is 27.7. The zero-order valence-corrected chi connectivity index (χ0v) is 22.0. The summed E-state index contributed by atoms with van der Waals surface area (Å²) in [5.41, 5.74) is 2.02. The average Bonchev–Trinajstić information content (AvgIpc) is 2.90. The monoisotopic (exact) mass is 540 g/mol. The number of carboxylic acids is 1. The third-order valence-corrected chi connectivity index (χ3v) is 6.47. The number of benzene rings is 3. The van der Waals surface area contributed by atoms with Crippen LogP contribution in [0, 0.1) is 18.8 Å². The Morgan fingerprint density at radius 1 is 1.08 bits per heavy atom. The van der Waals surface area contributed by atoms with Crippen LogP contribution in [0.5, 0.6) is 11.5 Å². The van der Waals surface area contributed by atoms with Gasteiger partial charge in [-0.15, -0.1) is 11.8 Å². The molecule has 8 heteroatoms. The van der Waals surface area contributed by atoms with Crippen LogP contribution in [-0.2, 0) is 11.0 Å². The molecule has 0 spiro atoms. The number of halogens is 3. The molecule has 0 aliphatic rings. The summed E-state index contributed by atoms with van der Waals surface area (Å²) in [6.45, 7) is 3.59. The number of allylic oxidation sites excluding steroid dienone is 1. The van der Waals surface area contributed by atoms with Crippen LogP contribution in [0.1, 0.15) is 35.6 Å². The normalized spacial score (nSPS) is 12.3. The summed E-state index contributed by atoms with van der Waals surface area (Å²) in [6, 6.07) is 17.6. The molecule has 1 atom stereocenters. The van der Waals surface area contributed by atoms with Gasteiger partial charge in [0.1, 0.15) is 11.5 Å². The lowest BCUT2D eigenvalue weighted by Gasteiger charge is -2.15. The summed E-state index contributed by atoms with van der Waals surface area (Å²) in [6.07, 6.45) is -3.10. The number of aliphatic carboxylic acids is 1. The van der Waals surface area contributed by atoms with Crippen molar-refractivity contribution in [2.24, 2.45) is 0 Å². The summed E-state index contributed by atoms with van der Waals surface area (Å²) in [5, 5.41) is 9.23. The van der Waals surface area contributed by atoms with Crippen molar-refractivity contribution >= 4 is 23.3 Å². The first kappa shape index (κ1) is 28.7. The van der Waals surface area contributed by atoms with Crippen molar-refractivity contribution in [3.63, 3.8) is 0 Å². The Balaban J connectivity index is 1.81. The second-order valence-electron chi connectivity index (χ2n) is 8.26. The molecule has 1 N–H and O–H groups in total. The minimum Gasteiger partial charge on any atom is -0.497 e. The van der Waals surface area contributed by atoms with Gasteiger partial charge < -0.3 is 14.6 Å². The quantitative estimate of drug-likeness (QED) is 0.225. The third-order valence-electron chi connectivity index (χ3n) is 5.55. The van der Waals surface area contributed by atoms with E-state index in [9.17, 15) is 23.1 Å². The van der Waals surface area contributed by atoms with Crippen LogP contribution in [0.25, 0.3) is 5.57 Å². The smallest absolute Gasteiger partial charge is 0.416 e. The number of carbonyl (C=O) groups is 1. The molecule has 0 aliphatic heterocycles. The molecule has 0 saturated carbocycles. The van der Waals surface area contributed by atoms with E-state index in [0.717, 1.165) is 28.2 Å². The highest BCUT2D eigenvalue weighted by Gasteiger charge is 2.30. The summed E-state index contributed by atoms with van der Waals surface area (Å²) < 4.78 is 49.9. The molecule has 3 aromatic rings. The number of hydrogen-bond acceptors (Lipinski definition) is 4. The minimum absolute atomic E-state index is 0.348. The van der Waals surface area contributed by atoms with Gasteiger partial charge in [-0.25, -0.2) is 4.79 Å². The number of thioether (sulfide) groups is 1. The number of methoxy groups -OCH3 is 1. The molecule has 3 rings (SSSR count). The lowest BCUT2D eigenvalue weighted by molar-refractivity contribution is -0.145. The van der Waals surface area contributed by atoms with Crippen LogP contribution in [-0.4, -0.2) is 30.0 Å². The molecular formula is C30H27F3O4S. The average molecular weight is 541 g/mol. The van der Waals surface area contributed by atoms with Crippen molar-refractivity contribution in [3.8, 4) is 23.3 Å². The summed E-state index contributed by atoms with van der Waals surface area (Å²) in [5.74, 6) is 6.87. The largest absolute Gasteiger partial charge is 0.497 e. The molecule has 1 unspecified atom stereocenters. The zero-order valence-electron chi connectivity index (χ0n) is 21.1. The second kappa shape index (κ2) is 13.1. The Hall–Kier alpha value is -3.83. The molecule has 4 nitrogen and oxygen atoms in total. The Morgan fingerprint density at radius 2 is 1.76 bits per heavy atom. The first-order valence-electron chi connectivity index (χ1n) is 11.8. The number of rotatable bonds is 9. The van der Waals surface area contributed by atoms with Gasteiger partial charge in [-0.1, -0.05) is 37.0 Å². The highest BCUT2D eigenvalue weighted by Crippen LogP contribution is 2.31. The van der Waals surface area contributed by atoms with Crippen LogP contribution in [0.2, 0.25) is 0 Å². The fraction of sp³-hybridized carbons (Fsp3) is 0.233. The molecule has 0 amide bonds. The van der Waals surface area contributed by atoms with E-state index in [1.807, 2.05) is 37.3 Å². The maximum Gasteiger partial charge on any atom is 0.416 e. The van der Waals surface area contributed by atoms with Gasteiger partial charge >= 0.3 is 12.1 Å². The van der Waals surface area contributed by atoms with E-state index in [-0.39, 0.29) is 0 Å². The van der Waals surface area contributed by atoms with Crippen molar-refractivity contribution in [2.45, 2.75) is 37.4 Å². The topological polar surface area (TPSA) is 55.8 Å². The number of aryl methyl sites for hydroxylation is 1. The van der Waals surface area contributed by atoms with Gasteiger partial charge in [-0.05, 0) is 79.1 Å². The van der Waals surface area contributed by atoms with Crippen molar-refractivity contribution in [2.75, 3.05) is 12.9 Å². The van der Waals surface area contributed by atoms with Crippen LogP contribution in [0.15, 0.2) is 77.7 Å². The van der Waals surface area contributed by atoms with Crippen LogP contribution < -0.4 is 9.47 Å². The summed E-state index contributed by atoms with van der Waals surface area (Å²) >= 11 is 1.52. The summed E-state index contributed by atoms with van der Waals surface area (Å²) in [4.78, 5) is 12.2. The van der Waals surface area contributed by atoms with E-state index in [1.54, 1.807) is 32.2 Å². The molecule has 0 radical (unpaired) electrons. The van der Waals surface area contributed by atoms with Gasteiger partial charge in [0.25, 0.3) is 0 Å². The molecule has 3 aromatic carbocycles. The molecule has 38 heavy (non-hydrogen) atoms. The fourth-order valence-electron chi connectivity index (χ4n) is 3.42. The number of alkyl halides is 3. The van der Waals surface area contributed by atoms with Crippen molar-refractivity contribution in [1.82, 2.24) is 0 Å². The highest BCUT2D eigenvalue weighted by molar-refractivity contribution is 7.99. The van der Waals surface area contributed by atoms with Gasteiger partial charge in [-0.2, -0.15) is 13.2 Å².